The first kappa shape index (κ1) is 13.2. The minimum Gasteiger partial charge on any atom is -0.342 e. The maximum absolute atomic E-state index is 5.82. The van der Waals surface area contributed by atoms with Crippen LogP contribution in [-0.4, -0.2) is 15.0 Å². The number of aromatic amines is 1. The Hall–Kier alpha value is -1.26. The van der Waals surface area contributed by atoms with E-state index in [9.17, 15) is 0 Å². The largest absolute Gasteiger partial charge is 0.342 e. The lowest BCUT2D eigenvalue weighted by Gasteiger charge is -2.07. The van der Waals surface area contributed by atoms with Crippen molar-refractivity contribution in [2.24, 2.45) is 5.92 Å². The van der Waals surface area contributed by atoms with Crippen LogP contribution in [0, 0.1) is 10.6 Å². The van der Waals surface area contributed by atoms with Gasteiger partial charge < -0.3 is 4.98 Å². The topological polar surface area (TPSA) is 41.6 Å². The highest BCUT2D eigenvalue weighted by Crippen LogP contribution is 2.16. The fourth-order valence-electron chi connectivity index (χ4n) is 1.69. The summed E-state index contributed by atoms with van der Waals surface area (Å²) in [6, 6.07) is 5.52. The quantitative estimate of drug-likeness (QED) is 0.862. The van der Waals surface area contributed by atoms with Gasteiger partial charge in [0.1, 0.15) is 10.3 Å². The van der Waals surface area contributed by atoms with Crippen LogP contribution in [0.25, 0.3) is 11.5 Å². The van der Waals surface area contributed by atoms with E-state index in [0.717, 1.165) is 17.8 Å². The SMILES string of the molecule is CC(C)Cc1cc(=S)nc(-c2ccc(Cl)cn2)[nH]1. The first-order valence-corrected chi connectivity index (χ1v) is 6.55. The van der Waals surface area contributed by atoms with Crippen molar-refractivity contribution in [1.29, 1.82) is 0 Å². The Kier molecular flexibility index (Phi) is 4.09. The van der Waals surface area contributed by atoms with Crippen molar-refractivity contribution >= 4 is 23.8 Å². The standard InChI is InChI=1S/C13H14ClN3S/c1-8(2)5-10-6-12(18)17-13(16-10)11-4-3-9(14)7-15-11/h3-4,6-8H,5H2,1-2H3,(H,16,17,18). The smallest absolute Gasteiger partial charge is 0.157 e. The van der Waals surface area contributed by atoms with Crippen LogP contribution in [0.15, 0.2) is 24.4 Å². The van der Waals surface area contributed by atoms with Crippen molar-refractivity contribution in [1.82, 2.24) is 15.0 Å². The number of aromatic nitrogens is 3. The van der Waals surface area contributed by atoms with Crippen LogP contribution in [-0.2, 0) is 6.42 Å². The van der Waals surface area contributed by atoms with Crippen molar-refractivity contribution in [3.8, 4) is 11.5 Å². The third kappa shape index (κ3) is 3.37. The maximum atomic E-state index is 5.82. The number of pyridine rings is 1. The molecule has 2 heterocycles. The number of nitrogens with zero attached hydrogens (tertiary/aromatic N) is 2. The van der Waals surface area contributed by atoms with Crippen LogP contribution in [0.4, 0.5) is 0 Å². The monoisotopic (exact) mass is 279 g/mol. The minimum absolute atomic E-state index is 0.559. The summed E-state index contributed by atoms with van der Waals surface area (Å²) >= 11 is 11.0. The highest BCUT2D eigenvalue weighted by Gasteiger charge is 2.05. The van der Waals surface area contributed by atoms with Crippen molar-refractivity contribution < 1.29 is 0 Å². The van der Waals surface area contributed by atoms with Crippen LogP contribution in [0.3, 0.4) is 0 Å². The zero-order chi connectivity index (χ0) is 13.1. The van der Waals surface area contributed by atoms with Crippen molar-refractivity contribution in [3.05, 3.63) is 39.8 Å². The summed E-state index contributed by atoms with van der Waals surface area (Å²) in [6.45, 7) is 4.33. The second-order valence-corrected chi connectivity index (χ2v) is 5.41. The number of halogens is 1. The van der Waals surface area contributed by atoms with Crippen molar-refractivity contribution in [3.63, 3.8) is 0 Å². The Bertz CT molecular complexity index is 590. The Morgan fingerprint density at radius 1 is 1.39 bits per heavy atom. The lowest BCUT2D eigenvalue weighted by Crippen LogP contribution is -2.01. The molecule has 0 bridgehead atoms. The van der Waals surface area contributed by atoms with Gasteiger partial charge in [0.2, 0.25) is 0 Å². The molecule has 18 heavy (non-hydrogen) atoms. The molecule has 0 spiro atoms. The third-order valence-corrected chi connectivity index (χ3v) is 2.83. The van der Waals surface area contributed by atoms with Gasteiger partial charge in [-0.05, 0) is 30.5 Å². The van der Waals surface area contributed by atoms with Gasteiger partial charge in [-0.25, -0.2) is 4.98 Å². The Morgan fingerprint density at radius 3 is 2.78 bits per heavy atom. The normalized spacial score (nSPS) is 10.9. The molecule has 3 nitrogen and oxygen atoms in total. The van der Waals surface area contributed by atoms with E-state index >= 15 is 0 Å². The lowest BCUT2D eigenvalue weighted by atomic mass is 10.1. The van der Waals surface area contributed by atoms with Crippen LogP contribution < -0.4 is 0 Å². The molecule has 2 rings (SSSR count). The van der Waals surface area contributed by atoms with Gasteiger partial charge in [0.15, 0.2) is 5.82 Å². The summed E-state index contributed by atoms with van der Waals surface area (Å²) in [5.41, 5.74) is 1.83. The molecule has 0 unspecified atom stereocenters. The second kappa shape index (κ2) is 5.59. The maximum Gasteiger partial charge on any atom is 0.157 e. The molecule has 0 saturated carbocycles. The molecular weight excluding hydrogens is 266 g/mol. The highest BCUT2D eigenvalue weighted by molar-refractivity contribution is 7.71. The van der Waals surface area contributed by atoms with E-state index in [2.05, 4.69) is 28.8 Å². The van der Waals surface area contributed by atoms with Gasteiger partial charge in [-0.15, -0.1) is 0 Å². The molecule has 2 aromatic heterocycles. The molecule has 5 heteroatoms. The molecule has 0 saturated heterocycles. The van der Waals surface area contributed by atoms with Crippen LogP contribution in [0.2, 0.25) is 5.02 Å². The van der Waals surface area contributed by atoms with Gasteiger partial charge in [-0.3, -0.25) is 4.98 Å². The summed E-state index contributed by atoms with van der Waals surface area (Å²) in [5, 5.41) is 0.607. The predicted molar refractivity (Wildman–Crippen MR) is 76.2 cm³/mol. The Labute approximate surface area is 116 Å². The number of rotatable bonds is 3. The second-order valence-electron chi connectivity index (χ2n) is 4.55. The third-order valence-electron chi connectivity index (χ3n) is 2.40. The van der Waals surface area contributed by atoms with Gasteiger partial charge >= 0.3 is 0 Å². The van der Waals surface area contributed by atoms with E-state index in [1.54, 1.807) is 12.3 Å². The average molecular weight is 280 g/mol. The van der Waals surface area contributed by atoms with Crippen molar-refractivity contribution in [2.45, 2.75) is 20.3 Å². The van der Waals surface area contributed by atoms with E-state index in [1.807, 2.05) is 12.1 Å². The first-order chi connectivity index (χ1) is 8.54. The van der Waals surface area contributed by atoms with Gasteiger partial charge in [-0.2, -0.15) is 0 Å². The molecule has 0 aliphatic carbocycles. The lowest BCUT2D eigenvalue weighted by molar-refractivity contribution is 0.634. The summed E-state index contributed by atoms with van der Waals surface area (Å²) in [4.78, 5) is 11.8. The van der Waals surface area contributed by atoms with Crippen LogP contribution in [0.1, 0.15) is 19.5 Å². The van der Waals surface area contributed by atoms with E-state index in [4.69, 9.17) is 23.8 Å². The van der Waals surface area contributed by atoms with Crippen LogP contribution >= 0.6 is 23.8 Å². The summed E-state index contributed by atoms with van der Waals surface area (Å²) in [7, 11) is 0. The molecule has 0 fully saturated rings. The fraction of sp³-hybridized carbons (Fsp3) is 0.308. The average Bonchev–Trinajstić information content (AvgIpc) is 2.28. The Balaban J connectivity index is 2.41. The molecule has 0 aliphatic heterocycles. The highest BCUT2D eigenvalue weighted by atomic mass is 35.5. The Morgan fingerprint density at radius 2 is 2.17 bits per heavy atom. The molecule has 94 valence electrons. The molecule has 1 N–H and O–H groups in total. The fourth-order valence-corrected chi connectivity index (χ4v) is 2.04. The van der Waals surface area contributed by atoms with Gasteiger partial charge in [0.05, 0.1) is 5.02 Å². The molecule has 0 atom stereocenters. The molecule has 0 amide bonds. The van der Waals surface area contributed by atoms with Gasteiger partial charge in [0, 0.05) is 11.9 Å². The van der Waals surface area contributed by atoms with Crippen LogP contribution in [0.5, 0.6) is 0 Å². The molecule has 0 aromatic carbocycles. The van der Waals surface area contributed by atoms with Gasteiger partial charge in [-0.1, -0.05) is 37.7 Å². The molecule has 0 aliphatic rings. The number of hydrogen-bond acceptors (Lipinski definition) is 3. The first-order valence-electron chi connectivity index (χ1n) is 5.77. The molecular formula is C13H14ClN3S. The summed E-state index contributed by atoms with van der Waals surface area (Å²) in [6.07, 6.45) is 2.54. The van der Waals surface area contributed by atoms with Crippen molar-refractivity contribution in [2.75, 3.05) is 0 Å². The van der Waals surface area contributed by atoms with Gasteiger partial charge in [0.25, 0.3) is 0 Å². The minimum atomic E-state index is 0.559. The molecule has 2 aromatic rings. The predicted octanol–water partition coefficient (Wildman–Crippen LogP) is 4.05. The van der Waals surface area contributed by atoms with E-state index in [1.165, 1.54) is 0 Å². The number of nitrogens with one attached hydrogen (secondary N) is 1. The molecule has 0 radical (unpaired) electrons. The van der Waals surface area contributed by atoms with E-state index in [0.29, 0.717) is 21.4 Å². The number of H-pyrrole nitrogens is 1. The van der Waals surface area contributed by atoms with E-state index < -0.39 is 0 Å². The summed E-state index contributed by atoms with van der Waals surface area (Å²) in [5.74, 6) is 1.25. The zero-order valence-corrected chi connectivity index (χ0v) is 11.8. The number of hydrogen-bond donors (Lipinski definition) is 1. The zero-order valence-electron chi connectivity index (χ0n) is 10.3. The summed E-state index contributed by atoms with van der Waals surface area (Å²) < 4.78 is 0.580. The van der Waals surface area contributed by atoms with E-state index in [-0.39, 0.29) is 0 Å².